The van der Waals surface area contributed by atoms with Gasteiger partial charge >= 0.3 is 5.97 Å². The molecule has 1 atom stereocenters. The Balaban J connectivity index is 2.10. The summed E-state index contributed by atoms with van der Waals surface area (Å²) in [6.07, 6.45) is 1.94. The van der Waals surface area contributed by atoms with Crippen LogP contribution in [0.25, 0.3) is 0 Å². The van der Waals surface area contributed by atoms with Crippen molar-refractivity contribution in [3.8, 4) is 0 Å². The third-order valence-electron chi connectivity index (χ3n) is 3.96. The Bertz CT molecular complexity index is 775. The van der Waals surface area contributed by atoms with Gasteiger partial charge in [-0.1, -0.05) is 43.7 Å². The number of rotatable bonds is 9. The number of hydrogen-bond donors (Lipinski definition) is 1. The van der Waals surface area contributed by atoms with E-state index in [9.17, 15) is 19.7 Å². The highest BCUT2D eigenvalue weighted by Crippen LogP contribution is 2.13. The number of nitrogens with zero attached hydrogens (tertiary/aromatic N) is 1. The molecule has 0 heterocycles. The molecule has 142 valence electrons. The molecule has 0 spiro atoms. The fourth-order valence-electron chi connectivity index (χ4n) is 2.44. The van der Waals surface area contributed by atoms with Crippen molar-refractivity contribution in [3.63, 3.8) is 0 Å². The summed E-state index contributed by atoms with van der Waals surface area (Å²) >= 11 is 0. The summed E-state index contributed by atoms with van der Waals surface area (Å²) in [4.78, 5) is 35.1. The molecule has 0 saturated carbocycles. The zero-order valence-corrected chi connectivity index (χ0v) is 15.1. The van der Waals surface area contributed by atoms with Crippen molar-refractivity contribution in [1.82, 2.24) is 5.32 Å². The maximum atomic E-state index is 12.5. The van der Waals surface area contributed by atoms with Crippen LogP contribution < -0.4 is 5.32 Å². The van der Waals surface area contributed by atoms with E-state index in [-0.39, 0.29) is 11.3 Å². The fourth-order valence-corrected chi connectivity index (χ4v) is 2.44. The summed E-state index contributed by atoms with van der Waals surface area (Å²) in [6, 6.07) is 13.7. The molecule has 7 nitrogen and oxygen atoms in total. The van der Waals surface area contributed by atoms with Gasteiger partial charge in [-0.2, -0.15) is 0 Å². The number of carbonyl (C=O) groups excluding carboxylic acids is 2. The highest BCUT2D eigenvalue weighted by molar-refractivity contribution is 5.97. The van der Waals surface area contributed by atoms with Gasteiger partial charge in [-0.3, -0.25) is 14.9 Å². The topological polar surface area (TPSA) is 98.5 Å². The molecule has 2 rings (SSSR count). The second kappa shape index (κ2) is 10.1. The van der Waals surface area contributed by atoms with Crippen LogP contribution in [0.3, 0.4) is 0 Å². The van der Waals surface area contributed by atoms with Crippen molar-refractivity contribution in [3.05, 3.63) is 75.8 Å². The summed E-state index contributed by atoms with van der Waals surface area (Å²) < 4.78 is 5.26. The standard InChI is InChI=1S/C20H22N2O5/c1-2-3-13-27-20(24)18(14-15-7-5-4-6-8-15)21-19(23)16-9-11-17(12-10-16)22(25)26/h4-12,18H,2-3,13-14H2,1H3,(H,21,23). The first-order valence-electron chi connectivity index (χ1n) is 8.77. The normalized spacial score (nSPS) is 11.4. The Morgan fingerprint density at radius 1 is 1.11 bits per heavy atom. The average Bonchev–Trinajstić information content (AvgIpc) is 2.68. The van der Waals surface area contributed by atoms with Gasteiger partial charge in [-0.05, 0) is 24.1 Å². The Hall–Kier alpha value is -3.22. The Morgan fingerprint density at radius 2 is 1.78 bits per heavy atom. The number of amides is 1. The van der Waals surface area contributed by atoms with Crippen LogP contribution in [0, 0.1) is 10.1 Å². The van der Waals surface area contributed by atoms with Crippen molar-refractivity contribution in [2.24, 2.45) is 0 Å². The van der Waals surface area contributed by atoms with E-state index in [1.54, 1.807) is 0 Å². The lowest BCUT2D eigenvalue weighted by molar-refractivity contribution is -0.384. The molecule has 2 aromatic rings. The minimum atomic E-state index is -0.841. The van der Waals surface area contributed by atoms with Crippen LogP contribution in [0.1, 0.15) is 35.7 Å². The minimum Gasteiger partial charge on any atom is -0.464 e. The van der Waals surface area contributed by atoms with Gasteiger partial charge in [0.25, 0.3) is 11.6 Å². The molecule has 1 unspecified atom stereocenters. The first-order chi connectivity index (χ1) is 13.0. The lowest BCUT2D eigenvalue weighted by Gasteiger charge is -2.18. The summed E-state index contributed by atoms with van der Waals surface area (Å²) in [5.41, 5.74) is 1.02. The number of benzene rings is 2. The van der Waals surface area contributed by atoms with Gasteiger partial charge in [-0.15, -0.1) is 0 Å². The third kappa shape index (κ3) is 6.22. The molecular weight excluding hydrogens is 348 g/mol. The molecule has 1 amide bonds. The van der Waals surface area contributed by atoms with Crippen molar-refractivity contribution in [1.29, 1.82) is 0 Å². The average molecular weight is 370 g/mol. The first-order valence-corrected chi connectivity index (χ1v) is 8.77. The molecule has 0 radical (unpaired) electrons. The van der Waals surface area contributed by atoms with Gasteiger partial charge in [0.2, 0.25) is 0 Å². The second-order valence-corrected chi connectivity index (χ2v) is 6.04. The number of carbonyl (C=O) groups is 2. The van der Waals surface area contributed by atoms with Crippen molar-refractivity contribution < 1.29 is 19.2 Å². The maximum Gasteiger partial charge on any atom is 0.328 e. The fraction of sp³-hybridized carbons (Fsp3) is 0.300. The molecule has 0 aliphatic rings. The summed E-state index contributed by atoms with van der Waals surface area (Å²) in [7, 11) is 0. The number of nitrogens with one attached hydrogen (secondary N) is 1. The number of ether oxygens (including phenoxy) is 1. The van der Waals surface area contributed by atoms with E-state index in [1.807, 2.05) is 37.3 Å². The molecule has 0 aliphatic carbocycles. The number of non-ortho nitro benzene ring substituents is 1. The Morgan fingerprint density at radius 3 is 2.37 bits per heavy atom. The van der Waals surface area contributed by atoms with E-state index in [2.05, 4.69) is 5.32 Å². The molecule has 0 aliphatic heterocycles. The molecule has 0 aromatic heterocycles. The molecule has 0 bridgehead atoms. The van der Waals surface area contributed by atoms with Crippen LogP contribution >= 0.6 is 0 Å². The SMILES string of the molecule is CCCCOC(=O)C(Cc1ccccc1)NC(=O)c1ccc([N+](=O)[O-])cc1. The van der Waals surface area contributed by atoms with Crippen LogP contribution in [-0.2, 0) is 16.0 Å². The predicted octanol–water partition coefficient (Wildman–Crippen LogP) is 3.28. The monoisotopic (exact) mass is 370 g/mol. The Labute approximate surface area is 157 Å². The van der Waals surface area contributed by atoms with Crippen LogP contribution in [0.2, 0.25) is 0 Å². The largest absolute Gasteiger partial charge is 0.464 e. The molecule has 27 heavy (non-hydrogen) atoms. The quantitative estimate of drug-likeness (QED) is 0.316. The van der Waals surface area contributed by atoms with E-state index in [0.717, 1.165) is 18.4 Å². The van der Waals surface area contributed by atoms with Crippen molar-refractivity contribution in [2.75, 3.05) is 6.61 Å². The van der Waals surface area contributed by atoms with Gasteiger partial charge in [0, 0.05) is 24.1 Å². The minimum absolute atomic E-state index is 0.105. The van der Waals surface area contributed by atoms with Gasteiger partial charge in [0.1, 0.15) is 6.04 Å². The van der Waals surface area contributed by atoms with E-state index < -0.39 is 22.8 Å². The van der Waals surface area contributed by atoms with Gasteiger partial charge < -0.3 is 10.1 Å². The van der Waals surface area contributed by atoms with Gasteiger partial charge in [0.15, 0.2) is 0 Å². The van der Waals surface area contributed by atoms with Gasteiger partial charge in [0.05, 0.1) is 11.5 Å². The zero-order chi connectivity index (χ0) is 19.6. The van der Waals surface area contributed by atoms with Gasteiger partial charge in [-0.25, -0.2) is 4.79 Å². The number of nitro benzene ring substituents is 1. The molecule has 0 fully saturated rings. The third-order valence-corrected chi connectivity index (χ3v) is 3.96. The first kappa shape index (κ1) is 20.1. The molecular formula is C20H22N2O5. The molecule has 0 saturated heterocycles. The van der Waals surface area contributed by atoms with Crippen molar-refractivity contribution in [2.45, 2.75) is 32.2 Å². The number of hydrogen-bond acceptors (Lipinski definition) is 5. The molecule has 1 N–H and O–H groups in total. The van der Waals surface area contributed by atoms with E-state index >= 15 is 0 Å². The number of esters is 1. The van der Waals surface area contributed by atoms with Crippen LogP contribution in [-0.4, -0.2) is 29.4 Å². The van der Waals surface area contributed by atoms with E-state index in [4.69, 9.17) is 4.74 Å². The summed E-state index contributed by atoms with van der Waals surface area (Å²) in [5.74, 6) is -0.985. The highest BCUT2D eigenvalue weighted by atomic mass is 16.6. The Kier molecular flexibility index (Phi) is 7.49. The summed E-state index contributed by atoms with van der Waals surface area (Å²) in [5, 5.41) is 13.4. The number of nitro groups is 1. The lowest BCUT2D eigenvalue weighted by atomic mass is 10.1. The lowest BCUT2D eigenvalue weighted by Crippen LogP contribution is -2.43. The van der Waals surface area contributed by atoms with Crippen LogP contribution in [0.5, 0.6) is 0 Å². The zero-order valence-electron chi connectivity index (χ0n) is 15.1. The second-order valence-electron chi connectivity index (χ2n) is 6.04. The molecule has 2 aromatic carbocycles. The van der Waals surface area contributed by atoms with E-state index in [0.29, 0.717) is 13.0 Å². The van der Waals surface area contributed by atoms with Crippen molar-refractivity contribution >= 4 is 17.6 Å². The van der Waals surface area contributed by atoms with E-state index in [1.165, 1.54) is 24.3 Å². The van der Waals surface area contributed by atoms with Crippen LogP contribution in [0.15, 0.2) is 54.6 Å². The molecule has 7 heteroatoms. The highest BCUT2D eigenvalue weighted by Gasteiger charge is 2.23. The maximum absolute atomic E-state index is 12.5. The number of unbranched alkanes of at least 4 members (excludes halogenated alkanes) is 1. The summed E-state index contributed by atoms with van der Waals surface area (Å²) in [6.45, 7) is 2.29. The van der Waals surface area contributed by atoms with Crippen LogP contribution in [0.4, 0.5) is 5.69 Å². The smallest absolute Gasteiger partial charge is 0.328 e. The predicted molar refractivity (Wildman–Crippen MR) is 100 cm³/mol.